The average Bonchev–Trinajstić information content (AvgIpc) is 2.54. The van der Waals surface area contributed by atoms with Crippen LogP contribution in [0.15, 0.2) is 24.4 Å². The molecule has 3 rings (SSSR count). The number of halogens is 3. The van der Waals surface area contributed by atoms with Crippen LogP contribution in [0.2, 0.25) is 10.0 Å². The van der Waals surface area contributed by atoms with Crippen molar-refractivity contribution in [2.45, 2.75) is 11.0 Å². The van der Waals surface area contributed by atoms with Crippen LogP contribution in [-0.4, -0.2) is 40.9 Å². The highest BCUT2D eigenvalue weighted by molar-refractivity contribution is 7.92. The molecule has 1 aliphatic rings. The Bertz CT molecular complexity index is 1220. The first-order valence-electron chi connectivity index (χ1n) is 7.66. The predicted molar refractivity (Wildman–Crippen MR) is 104 cm³/mol. The van der Waals surface area contributed by atoms with Crippen molar-refractivity contribution < 1.29 is 26.0 Å². The lowest BCUT2D eigenvalue weighted by Crippen LogP contribution is -2.32. The number of carbonyl (C=O) groups is 1. The summed E-state index contributed by atoms with van der Waals surface area (Å²) in [6.45, 7) is 0. The standard InChI is InChI=1S/C16H13Cl2FN2O5S2/c1-21(27(2,23)24)14-11(17)4-3-10(12(14)18)16-15(22)13-8(7-28(16,25)26)5-9(19)6-20-13/h3-6,16H,7H2,1-2H3. The van der Waals surface area contributed by atoms with Gasteiger partial charge in [0.1, 0.15) is 11.5 Å². The van der Waals surface area contributed by atoms with E-state index in [0.29, 0.717) is 0 Å². The number of benzene rings is 1. The summed E-state index contributed by atoms with van der Waals surface area (Å²) in [5, 5.41) is -2.04. The van der Waals surface area contributed by atoms with E-state index in [4.69, 9.17) is 23.2 Å². The topological polar surface area (TPSA) is 101 Å². The number of nitrogens with zero attached hydrogens (tertiary/aromatic N) is 2. The summed E-state index contributed by atoms with van der Waals surface area (Å²) in [5.74, 6) is -2.25. The van der Waals surface area contributed by atoms with Crippen LogP contribution in [0, 0.1) is 5.82 Å². The summed E-state index contributed by atoms with van der Waals surface area (Å²) in [4.78, 5) is 16.6. The zero-order chi connectivity index (χ0) is 21.0. The third kappa shape index (κ3) is 3.49. The first kappa shape index (κ1) is 21.0. The lowest BCUT2D eigenvalue weighted by Gasteiger charge is -2.26. The molecule has 1 unspecified atom stereocenters. The monoisotopic (exact) mass is 466 g/mol. The smallest absolute Gasteiger partial charge is 0.232 e. The Morgan fingerprint density at radius 2 is 1.93 bits per heavy atom. The number of sulfonamides is 1. The SMILES string of the molecule is CN(c1c(Cl)ccc(C2C(=O)c3ncc(F)cc3CS2(=O)=O)c1Cl)S(C)(=O)=O. The molecule has 7 nitrogen and oxygen atoms in total. The maximum Gasteiger partial charge on any atom is 0.232 e. The molecule has 0 saturated carbocycles. The number of aromatic nitrogens is 1. The quantitative estimate of drug-likeness (QED) is 0.688. The fourth-order valence-electron chi connectivity index (χ4n) is 2.95. The Morgan fingerprint density at radius 3 is 2.54 bits per heavy atom. The van der Waals surface area contributed by atoms with Gasteiger partial charge in [-0.25, -0.2) is 26.2 Å². The lowest BCUT2D eigenvalue weighted by atomic mass is 10.0. The Kier molecular flexibility index (Phi) is 5.20. The number of sulfone groups is 1. The highest BCUT2D eigenvalue weighted by atomic mass is 35.5. The van der Waals surface area contributed by atoms with E-state index in [1.54, 1.807) is 0 Å². The predicted octanol–water partition coefficient (Wildman–Crippen LogP) is 2.78. The average molecular weight is 467 g/mol. The molecule has 12 heteroatoms. The number of carbonyl (C=O) groups excluding carboxylic acids is 1. The van der Waals surface area contributed by atoms with E-state index in [2.05, 4.69) is 4.98 Å². The van der Waals surface area contributed by atoms with Gasteiger partial charge in [0, 0.05) is 7.05 Å². The molecule has 150 valence electrons. The van der Waals surface area contributed by atoms with Crippen LogP contribution in [0.1, 0.15) is 26.9 Å². The minimum atomic E-state index is -4.12. The van der Waals surface area contributed by atoms with Gasteiger partial charge in [-0.05, 0) is 23.3 Å². The minimum Gasteiger partial charge on any atom is -0.291 e. The third-order valence-corrected chi connectivity index (χ3v) is 8.09. The van der Waals surface area contributed by atoms with E-state index in [1.807, 2.05) is 0 Å². The zero-order valence-electron chi connectivity index (χ0n) is 14.5. The van der Waals surface area contributed by atoms with Crippen LogP contribution in [0.5, 0.6) is 0 Å². The highest BCUT2D eigenvalue weighted by Crippen LogP contribution is 2.44. The number of Topliss-reactive ketones (excluding diaryl/α,β-unsaturated/α-hetero) is 1. The maximum atomic E-state index is 13.4. The van der Waals surface area contributed by atoms with Crippen molar-refractivity contribution in [2.75, 3.05) is 17.6 Å². The second-order valence-electron chi connectivity index (χ2n) is 6.24. The number of hydrogen-bond donors (Lipinski definition) is 0. The van der Waals surface area contributed by atoms with Gasteiger partial charge in [-0.3, -0.25) is 9.10 Å². The summed E-state index contributed by atoms with van der Waals surface area (Å²) < 4.78 is 63.5. The van der Waals surface area contributed by atoms with Gasteiger partial charge in [-0.1, -0.05) is 29.3 Å². The van der Waals surface area contributed by atoms with Gasteiger partial charge >= 0.3 is 0 Å². The van der Waals surface area contributed by atoms with Crippen LogP contribution in [0.4, 0.5) is 10.1 Å². The molecule has 1 aromatic heterocycles. The molecule has 0 amide bonds. The lowest BCUT2D eigenvalue weighted by molar-refractivity contribution is 0.0978. The Labute approximate surface area is 171 Å². The summed E-state index contributed by atoms with van der Waals surface area (Å²) in [5.41, 5.74) is -0.493. The molecule has 0 saturated heterocycles. The summed E-state index contributed by atoms with van der Waals surface area (Å²) in [7, 11) is -6.69. The van der Waals surface area contributed by atoms with Gasteiger partial charge in [0.2, 0.25) is 15.8 Å². The molecule has 1 aromatic carbocycles. The van der Waals surface area contributed by atoms with Gasteiger partial charge in [0.05, 0.1) is 33.9 Å². The number of hydrogen-bond acceptors (Lipinski definition) is 6. The molecule has 2 heterocycles. The molecular formula is C16H13Cl2FN2O5S2. The Balaban J connectivity index is 2.24. The zero-order valence-corrected chi connectivity index (χ0v) is 17.6. The summed E-state index contributed by atoms with van der Waals surface area (Å²) in [6, 6.07) is 3.45. The van der Waals surface area contributed by atoms with Crippen LogP contribution >= 0.6 is 23.2 Å². The molecule has 1 aliphatic heterocycles. The minimum absolute atomic E-state index is 0.0390. The van der Waals surface area contributed by atoms with Gasteiger partial charge in [-0.2, -0.15) is 0 Å². The highest BCUT2D eigenvalue weighted by Gasteiger charge is 2.43. The van der Waals surface area contributed by atoms with Gasteiger partial charge in [0.15, 0.2) is 15.1 Å². The molecule has 0 bridgehead atoms. The van der Waals surface area contributed by atoms with E-state index in [1.165, 1.54) is 19.2 Å². The summed E-state index contributed by atoms with van der Waals surface area (Å²) >= 11 is 12.4. The fraction of sp³-hybridized carbons (Fsp3) is 0.250. The molecule has 1 atom stereocenters. The van der Waals surface area contributed by atoms with Crippen molar-refractivity contribution in [3.63, 3.8) is 0 Å². The second kappa shape index (κ2) is 6.94. The normalized spacial score (nSPS) is 18.6. The van der Waals surface area contributed by atoms with Gasteiger partial charge < -0.3 is 0 Å². The summed E-state index contributed by atoms with van der Waals surface area (Å²) in [6.07, 6.45) is 1.74. The van der Waals surface area contributed by atoms with Crippen molar-refractivity contribution in [3.05, 3.63) is 57.1 Å². The van der Waals surface area contributed by atoms with E-state index in [0.717, 1.165) is 22.8 Å². The first-order chi connectivity index (χ1) is 12.8. The van der Waals surface area contributed by atoms with Crippen LogP contribution < -0.4 is 4.31 Å². The number of fused-ring (bicyclic) bond motifs is 1. The Morgan fingerprint density at radius 1 is 1.29 bits per heavy atom. The molecule has 0 aliphatic carbocycles. The van der Waals surface area contributed by atoms with E-state index >= 15 is 0 Å². The second-order valence-corrected chi connectivity index (χ2v) is 11.1. The maximum absolute atomic E-state index is 13.4. The van der Waals surface area contributed by atoms with Crippen LogP contribution in [0.25, 0.3) is 0 Å². The van der Waals surface area contributed by atoms with Crippen molar-refractivity contribution in [1.29, 1.82) is 0 Å². The molecule has 0 N–H and O–H groups in total. The molecule has 2 aromatic rings. The van der Waals surface area contributed by atoms with Crippen LogP contribution in [0.3, 0.4) is 0 Å². The van der Waals surface area contributed by atoms with Crippen molar-refractivity contribution in [3.8, 4) is 0 Å². The van der Waals surface area contributed by atoms with Crippen molar-refractivity contribution in [1.82, 2.24) is 4.98 Å². The van der Waals surface area contributed by atoms with Gasteiger partial charge in [0.25, 0.3) is 0 Å². The van der Waals surface area contributed by atoms with Crippen molar-refractivity contribution >= 4 is 54.5 Å². The van der Waals surface area contributed by atoms with Crippen molar-refractivity contribution in [2.24, 2.45) is 0 Å². The molecule has 28 heavy (non-hydrogen) atoms. The third-order valence-electron chi connectivity index (χ3n) is 4.31. The fourth-order valence-corrected chi connectivity index (χ4v) is 6.21. The van der Waals surface area contributed by atoms with E-state index in [-0.39, 0.29) is 32.6 Å². The number of anilines is 1. The largest absolute Gasteiger partial charge is 0.291 e. The molecule has 0 fully saturated rings. The number of pyridine rings is 1. The van der Waals surface area contributed by atoms with E-state index in [9.17, 15) is 26.0 Å². The van der Waals surface area contributed by atoms with E-state index < -0.39 is 42.5 Å². The molecule has 0 spiro atoms. The molecular weight excluding hydrogens is 454 g/mol. The number of ketones is 1. The number of rotatable bonds is 3. The van der Waals surface area contributed by atoms with Crippen LogP contribution in [-0.2, 0) is 25.6 Å². The Hall–Kier alpha value is -1.75. The first-order valence-corrected chi connectivity index (χ1v) is 12.0. The van der Waals surface area contributed by atoms with Gasteiger partial charge in [-0.15, -0.1) is 0 Å². The molecule has 0 radical (unpaired) electrons.